The van der Waals surface area contributed by atoms with Crippen molar-refractivity contribution in [2.75, 3.05) is 0 Å². The molecule has 0 atom stereocenters. The van der Waals surface area contributed by atoms with E-state index in [-0.39, 0.29) is 0 Å². The molecule has 0 unspecified atom stereocenters. The van der Waals surface area contributed by atoms with Crippen LogP contribution in [0.3, 0.4) is 0 Å². The summed E-state index contributed by atoms with van der Waals surface area (Å²) in [5.41, 5.74) is 15.5. The second-order valence-corrected chi connectivity index (χ2v) is 15.8. The van der Waals surface area contributed by atoms with Gasteiger partial charge in [0, 0.05) is 49.4 Å². The largest absolute Gasteiger partial charge is 0.309 e. The molecule has 274 valence electrons. The normalized spacial score (nSPS) is 12.1. The highest BCUT2D eigenvalue weighted by Crippen LogP contribution is 2.44. The highest BCUT2D eigenvalue weighted by atomic mass is 15.0. The van der Waals surface area contributed by atoms with Gasteiger partial charge >= 0.3 is 0 Å². The molecule has 0 spiro atoms. The lowest BCUT2D eigenvalue weighted by atomic mass is 10.0. The Hall–Kier alpha value is -7.88. The van der Waals surface area contributed by atoms with Gasteiger partial charge in [-0.2, -0.15) is 0 Å². The Kier molecular flexibility index (Phi) is 6.72. The van der Waals surface area contributed by atoms with Crippen molar-refractivity contribution in [3.8, 4) is 39.3 Å². The lowest BCUT2D eigenvalue weighted by molar-refractivity contribution is 1.15. The van der Waals surface area contributed by atoms with Crippen LogP contribution in [0.4, 0.5) is 0 Å². The molecule has 3 aromatic heterocycles. The second kappa shape index (κ2) is 12.3. The van der Waals surface area contributed by atoms with Crippen LogP contribution in [0, 0.1) is 0 Å². The monoisotopic (exact) mass is 749 g/mol. The molecule has 0 aliphatic carbocycles. The molecule has 0 radical (unpaired) electrons. The minimum absolute atomic E-state index is 1.14. The zero-order chi connectivity index (χ0) is 38.6. The summed E-state index contributed by atoms with van der Waals surface area (Å²) in [6.45, 7) is 0. The third-order valence-corrected chi connectivity index (χ3v) is 12.5. The first-order chi connectivity index (χ1) is 29.3. The highest BCUT2D eigenvalue weighted by molar-refractivity contribution is 6.25. The van der Waals surface area contributed by atoms with E-state index >= 15 is 0 Å². The molecule has 0 fully saturated rings. The quantitative estimate of drug-likeness (QED) is 0.156. The Labute approximate surface area is 340 Å². The van der Waals surface area contributed by atoms with Crippen LogP contribution < -0.4 is 0 Å². The summed E-state index contributed by atoms with van der Waals surface area (Å²) in [5.74, 6) is 0. The van der Waals surface area contributed by atoms with E-state index in [9.17, 15) is 0 Å². The van der Waals surface area contributed by atoms with E-state index in [0.29, 0.717) is 0 Å². The number of para-hydroxylation sites is 3. The zero-order valence-corrected chi connectivity index (χ0v) is 32.0. The minimum Gasteiger partial charge on any atom is -0.309 e. The maximum Gasteiger partial charge on any atom is 0.0568 e. The van der Waals surface area contributed by atoms with E-state index < -0.39 is 0 Å². The van der Waals surface area contributed by atoms with Crippen LogP contribution in [0.2, 0.25) is 0 Å². The number of hydrogen-bond donors (Lipinski definition) is 0. The number of aromatic nitrogens is 3. The molecule has 3 heterocycles. The Balaban J connectivity index is 1.08. The van der Waals surface area contributed by atoms with Crippen molar-refractivity contribution in [1.82, 2.24) is 13.7 Å². The van der Waals surface area contributed by atoms with Crippen molar-refractivity contribution in [3.05, 3.63) is 212 Å². The van der Waals surface area contributed by atoms with Crippen molar-refractivity contribution in [2.45, 2.75) is 0 Å². The Morgan fingerprint density at radius 3 is 1.08 bits per heavy atom. The van der Waals surface area contributed by atoms with Crippen LogP contribution in [0.5, 0.6) is 0 Å². The summed E-state index contributed by atoms with van der Waals surface area (Å²) >= 11 is 0. The van der Waals surface area contributed by atoms with Gasteiger partial charge in [-0.25, -0.2) is 0 Å². The number of benzene rings is 10. The zero-order valence-electron chi connectivity index (χ0n) is 32.0. The number of nitrogens with zero attached hydrogens (tertiary/aromatic N) is 3. The predicted octanol–water partition coefficient (Wildman–Crippen LogP) is 14.9. The average Bonchev–Trinajstić information content (AvgIpc) is 3.94. The molecule has 0 bridgehead atoms. The van der Waals surface area contributed by atoms with Gasteiger partial charge in [0.1, 0.15) is 0 Å². The second-order valence-electron chi connectivity index (χ2n) is 15.8. The molecular formula is C56H35N3. The Morgan fingerprint density at radius 1 is 0.220 bits per heavy atom. The summed E-state index contributed by atoms with van der Waals surface area (Å²) in [5, 5.41) is 10.1. The molecule has 0 amide bonds. The maximum absolute atomic E-state index is 2.49. The predicted molar refractivity (Wildman–Crippen MR) is 249 cm³/mol. The van der Waals surface area contributed by atoms with Gasteiger partial charge in [0.25, 0.3) is 0 Å². The van der Waals surface area contributed by atoms with Gasteiger partial charge in [-0.1, -0.05) is 140 Å². The van der Waals surface area contributed by atoms with E-state index in [0.717, 1.165) is 17.1 Å². The van der Waals surface area contributed by atoms with E-state index in [4.69, 9.17) is 0 Å². The fourth-order valence-electron chi connectivity index (χ4n) is 9.97. The van der Waals surface area contributed by atoms with E-state index in [1.54, 1.807) is 0 Å². The van der Waals surface area contributed by atoms with Crippen molar-refractivity contribution in [2.24, 2.45) is 0 Å². The summed E-state index contributed by atoms with van der Waals surface area (Å²) in [6.07, 6.45) is 0. The summed E-state index contributed by atoms with van der Waals surface area (Å²) in [4.78, 5) is 0. The molecule has 0 aliphatic heterocycles. The van der Waals surface area contributed by atoms with Crippen LogP contribution in [0.25, 0.3) is 116 Å². The van der Waals surface area contributed by atoms with Crippen molar-refractivity contribution in [3.63, 3.8) is 0 Å². The topological polar surface area (TPSA) is 14.8 Å². The van der Waals surface area contributed by atoms with Crippen molar-refractivity contribution in [1.29, 1.82) is 0 Å². The Bertz CT molecular complexity index is 3530. The maximum atomic E-state index is 2.49. The lowest BCUT2D eigenvalue weighted by Crippen LogP contribution is -1.98. The molecule has 0 saturated heterocycles. The molecule has 13 aromatic rings. The lowest BCUT2D eigenvalue weighted by Gasteiger charge is -2.13. The minimum atomic E-state index is 1.14. The van der Waals surface area contributed by atoms with Gasteiger partial charge in [-0.3, -0.25) is 0 Å². The van der Waals surface area contributed by atoms with Crippen LogP contribution in [0.1, 0.15) is 0 Å². The van der Waals surface area contributed by atoms with Gasteiger partial charge < -0.3 is 13.7 Å². The van der Waals surface area contributed by atoms with Gasteiger partial charge in [0.2, 0.25) is 0 Å². The molecule has 3 nitrogen and oxygen atoms in total. The van der Waals surface area contributed by atoms with Gasteiger partial charge in [0.05, 0.1) is 33.1 Å². The fraction of sp³-hybridized carbons (Fsp3) is 0. The van der Waals surface area contributed by atoms with E-state index in [2.05, 4.69) is 226 Å². The average molecular weight is 750 g/mol. The molecule has 10 aromatic carbocycles. The molecule has 13 rings (SSSR count). The molecule has 0 saturated carbocycles. The molecule has 0 aliphatic rings. The van der Waals surface area contributed by atoms with Crippen LogP contribution in [-0.2, 0) is 0 Å². The first-order valence-corrected chi connectivity index (χ1v) is 20.3. The summed E-state index contributed by atoms with van der Waals surface area (Å²) < 4.78 is 7.40. The third-order valence-electron chi connectivity index (χ3n) is 12.5. The van der Waals surface area contributed by atoms with Crippen LogP contribution in [0.15, 0.2) is 212 Å². The first kappa shape index (κ1) is 32.2. The molecular weight excluding hydrogens is 715 g/mol. The molecule has 59 heavy (non-hydrogen) atoms. The van der Waals surface area contributed by atoms with Crippen LogP contribution in [-0.4, -0.2) is 13.7 Å². The number of hydrogen-bond acceptors (Lipinski definition) is 0. The van der Waals surface area contributed by atoms with Gasteiger partial charge in [0.15, 0.2) is 0 Å². The number of rotatable bonds is 5. The third kappa shape index (κ3) is 4.70. The van der Waals surface area contributed by atoms with Gasteiger partial charge in [-0.15, -0.1) is 0 Å². The van der Waals surface area contributed by atoms with Crippen molar-refractivity contribution >= 4 is 76.2 Å². The summed E-state index contributed by atoms with van der Waals surface area (Å²) in [6, 6.07) is 78.0. The molecule has 3 heteroatoms. The molecule has 0 N–H and O–H groups in total. The highest BCUT2D eigenvalue weighted by Gasteiger charge is 2.22. The van der Waals surface area contributed by atoms with Crippen molar-refractivity contribution < 1.29 is 0 Å². The van der Waals surface area contributed by atoms with E-state index in [1.807, 2.05) is 0 Å². The Morgan fingerprint density at radius 2 is 0.610 bits per heavy atom. The van der Waals surface area contributed by atoms with E-state index in [1.165, 1.54) is 98.4 Å². The summed E-state index contributed by atoms with van der Waals surface area (Å²) in [7, 11) is 0. The standard InChI is InChI=1S/C56H35N3/c1-4-14-36(15-5-1)38-26-28-51-47(32-38)45-20-10-12-22-49(45)58(51)43-30-40-24-25-41-31-44(35-54-56(41)55(40)53(34-43)57(54)42-18-8-3-9-19-42)59-50-23-13-11-21-46(50)48-33-39(27-29-52(48)59)37-16-6-2-7-17-37/h1-35H. The van der Waals surface area contributed by atoms with Crippen LogP contribution >= 0.6 is 0 Å². The SMILES string of the molecule is c1ccc(-c2ccc3c(c2)c2ccccc2n3-c2cc3ccc4cc(-n5c6ccccc6c6cc(-c7ccccc7)ccc65)cc5c4c3c(c2)n5-c2ccccc2)cc1. The van der Waals surface area contributed by atoms with Gasteiger partial charge in [-0.05, 0) is 106 Å². The smallest absolute Gasteiger partial charge is 0.0568 e. The number of fused-ring (bicyclic) bond motifs is 6. The fourth-order valence-corrected chi connectivity index (χ4v) is 9.97. The first-order valence-electron chi connectivity index (χ1n) is 20.3.